The number of carbonyl (C=O) groups excluding carboxylic acids is 1. The van der Waals surface area contributed by atoms with Gasteiger partial charge in [-0.25, -0.2) is 4.79 Å². The summed E-state index contributed by atoms with van der Waals surface area (Å²) in [6.45, 7) is 3.23. The zero-order chi connectivity index (χ0) is 12.8. The number of carbonyl (C=O) groups is 2. The first-order valence-corrected chi connectivity index (χ1v) is 5.95. The molecule has 0 radical (unpaired) electrons. The fraction of sp³-hybridized carbons (Fsp3) is 0.231. The van der Waals surface area contributed by atoms with E-state index in [1.807, 2.05) is 0 Å². The molecule has 1 aromatic carbocycles. The lowest BCUT2D eigenvalue weighted by molar-refractivity contribution is -0.109. The normalized spacial score (nSPS) is 9.29. The van der Waals surface area contributed by atoms with Gasteiger partial charge in [-0.2, -0.15) is 0 Å². The molecule has 0 aliphatic carbocycles. The minimum absolute atomic E-state index is 0.0226. The highest BCUT2D eigenvalue weighted by Gasteiger charge is 2.06. The van der Waals surface area contributed by atoms with Gasteiger partial charge in [0.15, 0.2) is 5.12 Å². The van der Waals surface area contributed by atoms with Gasteiger partial charge in [0.25, 0.3) is 0 Å². The summed E-state index contributed by atoms with van der Waals surface area (Å²) in [7, 11) is 0. The number of benzene rings is 1. The molecule has 0 aromatic heterocycles. The maximum Gasteiger partial charge on any atom is 0.335 e. The molecule has 1 N–H and O–H groups in total. The van der Waals surface area contributed by atoms with Crippen molar-refractivity contribution in [1.29, 1.82) is 0 Å². The Bertz CT molecular complexity index is 509. The quantitative estimate of drug-likeness (QED) is 0.816. The lowest BCUT2D eigenvalue weighted by atomic mass is 10.1. The Morgan fingerprint density at radius 1 is 1.41 bits per heavy atom. The van der Waals surface area contributed by atoms with Gasteiger partial charge >= 0.3 is 5.97 Å². The van der Waals surface area contributed by atoms with E-state index >= 15 is 0 Å². The Hall–Kier alpha value is -1.73. The molecule has 0 bridgehead atoms. The molecule has 1 aromatic rings. The molecule has 0 aliphatic rings. The third-order valence-electron chi connectivity index (χ3n) is 2.05. The number of aromatic carboxylic acids is 1. The van der Waals surface area contributed by atoms with Crippen LogP contribution in [-0.4, -0.2) is 21.9 Å². The summed E-state index contributed by atoms with van der Waals surface area (Å²) in [6.07, 6.45) is 0. The molecule has 1 rings (SSSR count). The van der Waals surface area contributed by atoms with Crippen molar-refractivity contribution in [1.82, 2.24) is 0 Å². The Morgan fingerprint density at radius 2 is 2.12 bits per heavy atom. The SMILES string of the molecule is CC(=O)SCC#Cc1ccc(C)c(C(=O)O)c1. The maximum atomic E-state index is 10.9. The van der Waals surface area contributed by atoms with Crippen molar-refractivity contribution in [3.63, 3.8) is 0 Å². The van der Waals surface area contributed by atoms with Crippen LogP contribution in [0.5, 0.6) is 0 Å². The van der Waals surface area contributed by atoms with Gasteiger partial charge in [0.1, 0.15) is 0 Å². The van der Waals surface area contributed by atoms with Crippen molar-refractivity contribution in [3.8, 4) is 11.8 Å². The van der Waals surface area contributed by atoms with Crippen LogP contribution in [0.3, 0.4) is 0 Å². The first-order chi connectivity index (χ1) is 8.00. The van der Waals surface area contributed by atoms with E-state index in [2.05, 4.69) is 11.8 Å². The van der Waals surface area contributed by atoms with Crippen LogP contribution in [0.25, 0.3) is 0 Å². The van der Waals surface area contributed by atoms with Crippen LogP contribution >= 0.6 is 11.8 Å². The van der Waals surface area contributed by atoms with Crippen molar-refractivity contribution >= 4 is 22.8 Å². The summed E-state index contributed by atoms with van der Waals surface area (Å²) in [5.41, 5.74) is 1.62. The molecule has 0 amide bonds. The van der Waals surface area contributed by atoms with Gasteiger partial charge < -0.3 is 5.11 Å². The van der Waals surface area contributed by atoms with Crippen molar-refractivity contribution in [2.24, 2.45) is 0 Å². The molecule has 17 heavy (non-hydrogen) atoms. The van der Waals surface area contributed by atoms with Crippen LogP contribution in [0, 0.1) is 18.8 Å². The van der Waals surface area contributed by atoms with Crippen LogP contribution in [0.1, 0.15) is 28.4 Å². The standard InChI is InChI=1S/C13H12O3S/c1-9-5-6-11(8-12(9)13(15)16)4-3-7-17-10(2)14/h5-6,8H,7H2,1-2H3,(H,15,16). The third-order valence-corrected chi connectivity index (χ3v) is 2.74. The van der Waals surface area contributed by atoms with Gasteiger partial charge in [0, 0.05) is 12.5 Å². The highest BCUT2D eigenvalue weighted by atomic mass is 32.2. The van der Waals surface area contributed by atoms with Crippen molar-refractivity contribution in [2.45, 2.75) is 13.8 Å². The molecule has 4 heteroatoms. The monoisotopic (exact) mass is 248 g/mol. The lowest BCUT2D eigenvalue weighted by Gasteiger charge is -2.00. The minimum Gasteiger partial charge on any atom is -0.478 e. The highest BCUT2D eigenvalue weighted by Crippen LogP contribution is 2.10. The second kappa shape index (κ2) is 6.12. The van der Waals surface area contributed by atoms with Crippen molar-refractivity contribution in [3.05, 3.63) is 34.9 Å². The van der Waals surface area contributed by atoms with E-state index < -0.39 is 5.97 Å². The summed E-state index contributed by atoms with van der Waals surface area (Å²) in [6, 6.07) is 5.04. The van der Waals surface area contributed by atoms with E-state index in [1.165, 1.54) is 6.92 Å². The van der Waals surface area contributed by atoms with Crippen LogP contribution in [-0.2, 0) is 4.79 Å². The molecule has 0 unspecified atom stereocenters. The molecule has 0 fully saturated rings. The smallest absolute Gasteiger partial charge is 0.335 e. The Kier molecular flexibility index (Phi) is 4.80. The van der Waals surface area contributed by atoms with E-state index in [0.717, 1.165) is 11.8 Å². The molecule has 0 atom stereocenters. The largest absolute Gasteiger partial charge is 0.478 e. The first-order valence-electron chi connectivity index (χ1n) is 4.97. The second-order valence-corrected chi connectivity index (χ2v) is 4.57. The number of rotatable bonds is 2. The molecular weight excluding hydrogens is 236 g/mol. The van der Waals surface area contributed by atoms with Gasteiger partial charge in [-0.3, -0.25) is 4.79 Å². The van der Waals surface area contributed by atoms with E-state index in [9.17, 15) is 9.59 Å². The zero-order valence-corrected chi connectivity index (χ0v) is 10.4. The number of carboxylic acid groups (broad SMARTS) is 1. The molecular formula is C13H12O3S. The molecule has 3 nitrogen and oxygen atoms in total. The minimum atomic E-state index is -0.954. The lowest BCUT2D eigenvalue weighted by Crippen LogP contribution is -1.99. The second-order valence-electron chi connectivity index (χ2n) is 3.42. The average Bonchev–Trinajstić information content (AvgIpc) is 2.25. The predicted molar refractivity (Wildman–Crippen MR) is 68.2 cm³/mol. The van der Waals surface area contributed by atoms with E-state index in [0.29, 0.717) is 16.9 Å². The number of thioether (sulfide) groups is 1. The summed E-state index contributed by atoms with van der Waals surface area (Å²) in [5.74, 6) is 5.12. The Labute approximate surface area is 104 Å². The third kappa shape index (κ3) is 4.33. The topological polar surface area (TPSA) is 54.4 Å². The summed E-state index contributed by atoms with van der Waals surface area (Å²) < 4.78 is 0. The van der Waals surface area contributed by atoms with Crippen LogP contribution in [0.4, 0.5) is 0 Å². The van der Waals surface area contributed by atoms with Crippen LogP contribution in [0.2, 0.25) is 0 Å². The number of hydrogen-bond acceptors (Lipinski definition) is 3. The van der Waals surface area contributed by atoms with E-state index in [-0.39, 0.29) is 10.7 Å². The van der Waals surface area contributed by atoms with Crippen LogP contribution in [0.15, 0.2) is 18.2 Å². The fourth-order valence-corrected chi connectivity index (χ4v) is 1.55. The maximum absolute atomic E-state index is 10.9. The van der Waals surface area contributed by atoms with Gasteiger partial charge in [-0.15, -0.1) is 0 Å². The van der Waals surface area contributed by atoms with Gasteiger partial charge in [-0.05, 0) is 24.6 Å². The summed E-state index contributed by atoms with van der Waals surface area (Å²) in [5, 5.41) is 8.96. The summed E-state index contributed by atoms with van der Waals surface area (Å²) in [4.78, 5) is 21.6. The van der Waals surface area contributed by atoms with Crippen molar-refractivity contribution in [2.75, 3.05) is 5.75 Å². The van der Waals surface area contributed by atoms with Gasteiger partial charge in [0.2, 0.25) is 0 Å². The average molecular weight is 248 g/mol. The number of carboxylic acids is 1. The molecule has 0 spiro atoms. The Morgan fingerprint density at radius 3 is 2.71 bits per heavy atom. The Balaban J connectivity index is 2.82. The first kappa shape index (κ1) is 13.3. The number of aryl methyl sites for hydroxylation is 1. The molecule has 0 saturated heterocycles. The van der Waals surface area contributed by atoms with Crippen molar-refractivity contribution < 1.29 is 14.7 Å². The van der Waals surface area contributed by atoms with Gasteiger partial charge in [0.05, 0.1) is 11.3 Å². The van der Waals surface area contributed by atoms with E-state index in [1.54, 1.807) is 25.1 Å². The molecule has 0 heterocycles. The molecule has 0 aliphatic heterocycles. The van der Waals surface area contributed by atoms with E-state index in [4.69, 9.17) is 5.11 Å². The molecule has 88 valence electrons. The van der Waals surface area contributed by atoms with Gasteiger partial charge in [-0.1, -0.05) is 29.7 Å². The zero-order valence-electron chi connectivity index (χ0n) is 9.61. The number of hydrogen-bond donors (Lipinski definition) is 1. The molecule has 0 saturated carbocycles. The predicted octanol–water partition coefficient (Wildman–Crippen LogP) is 2.32. The summed E-state index contributed by atoms with van der Waals surface area (Å²) >= 11 is 1.14. The highest BCUT2D eigenvalue weighted by molar-refractivity contribution is 8.13. The van der Waals surface area contributed by atoms with Crippen LogP contribution < -0.4 is 0 Å². The fourth-order valence-electron chi connectivity index (χ4n) is 1.21.